The number of carbonyl (C=O) groups is 2. The Labute approximate surface area is 182 Å². The van der Waals surface area contributed by atoms with Gasteiger partial charge in [-0.15, -0.1) is 0 Å². The number of aromatic nitrogens is 2. The molecule has 1 aromatic heterocycles. The van der Waals surface area contributed by atoms with Crippen molar-refractivity contribution in [3.63, 3.8) is 0 Å². The number of esters is 1. The number of rotatable bonds is 5. The third kappa shape index (κ3) is 4.56. The highest BCUT2D eigenvalue weighted by Gasteiger charge is 2.36. The van der Waals surface area contributed by atoms with Crippen molar-refractivity contribution in [3.8, 4) is 0 Å². The maximum atomic E-state index is 12.9. The van der Waals surface area contributed by atoms with E-state index in [-0.39, 0.29) is 5.69 Å². The van der Waals surface area contributed by atoms with Crippen LogP contribution in [0.25, 0.3) is 11.0 Å². The van der Waals surface area contributed by atoms with Crippen LogP contribution in [0.1, 0.15) is 22.7 Å². The molecule has 0 spiro atoms. The van der Waals surface area contributed by atoms with Crippen LogP contribution in [0, 0.1) is 13.8 Å². The second-order valence-electron chi connectivity index (χ2n) is 6.84. The molecule has 9 nitrogen and oxygen atoms in total. The molecule has 0 fully saturated rings. The van der Waals surface area contributed by atoms with Crippen LogP contribution in [0.4, 0.5) is 5.69 Å². The molecule has 1 atom stereocenters. The van der Waals surface area contributed by atoms with Crippen LogP contribution in [0.15, 0.2) is 46.3 Å². The van der Waals surface area contributed by atoms with Crippen LogP contribution in [-0.4, -0.2) is 34.7 Å². The number of nitrogens with one attached hydrogen (secondary N) is 2. The lowest BCUT2D eigenvalue weighted by molar-refractivity contribution is -0.141. The van der Waals surface area contributed by atoms with Crippen molar-refractivity contribution in [2.24, 2.45) is 10.9 Å². The van der Waals surface area contributed by atoms with Gasteiger partial charge in [0.15, 0.2) is 5.92 Å². The number of carbonyl (C=O) groups excluding carboxylic acids is 2. The largest absolute Gasteiger partial charge is 0.468 e. The molecule has 0 radical (unpaired) electrons. The summed E-state index contributed by atoms with van der Waals surface area (Å²) in [5.74, 6) is 2.24. The van der Waals surface area contributed by atoms with E-state index in [0.717, 1.165) is 18.2 Å². The second kappa shape index (κ2) is 8.97. The predicted octanol–water partition coefficient (Wildman–Crippen LogP) is 2.40. The fraction of sp³-hybridized carbons (Fsp3) is 0.190. The van der Waals surface area contributed by atoms with Gasteiger partial charge in [-0.05, 0) is 55.3 Å². The lowest BCUT2D eigenvalue weighted by Gasteiger charge is -2.16. The van der Waals surface area contributed by atoms with E-state index in [1.165, 1.54) is 6.07 Å². The van der Waals surface area contributed by atoms with Crippen molar-refractivity contribution in [3.05, 3.63) is 68.6 Å². The monoisotopic (exact) mass is 441 g/mol. The number of hydrogen-bond acceptors (Lipinski definition) is 7. The molecule has 0 aliphatic carbocycles. The Bertz CT molecular complexity index is 1270. The molecule has 0 bridgehead atoms. The minimum Gasteiger partial charge on any atom is -0.468 e. The van der Waals surface area contributed by atoms with Gasteiger partial charge in [0.05, 0.1) is 18.1 Å². The Morgan fingerprint density at radius 1 is 1.19 bits per heavy atom. The van der Waals surface area contributed by atoms with Crippen molar-refractivity contribution in [2.45, 2.75) is 19.8 Å². The third-order valence-electron chi connectivity index (χ3n) is 4.80. The van der Waals surface area contributed by atoms with Crippen LogP contribution in [0.2, 0.25) is 5.02 Å². The Morgan fingerprint density at radius 2 is 1.94 bits per heavy atom. The van der Waals surface area contributed by atoms with Gasteiger partial charge in [0.1, 0.15) is 11.4 Å². The summed E-state index contributed by atoms with van der Waals surface area (Å²) in [6.45, 7) is 3.83. The van der Waals surface area contributed by atoms with Crippen molar-refractivity contribution < 1.29 is 14.3 Å². The number of halogens is 1. The summed E-state index contributed by atoms with van der Waals surface area (Å²) >= 11 is 5.95. The molecule has 3 rings (SSSR count). The number of nitrogens with two attached hydrogens (primary N) is 1. The number of hydrogen-bond donors (Lipinski definition) is 3. The lowest BCUT2D eigenvalue weighted by Crippen LogP contribution is -2.38. The quantitative estimate of drug-likeness (QED) is 0.240. The molecule has 0 saturated carbocycles. The highest BCUT2D eigenvalue weighted by molar-refractivity contribution is 6.47. The summed E-state index contributed by atoms with van der Waals surface area (Å²) in [5.41, 5.74) is 1.82. The number of aromatic amines is 1. The van der Waals surface area contributed by atoms with Gasteiger partial charge >= 0.3 is 5.97 Å². The van der Waals surface area contributed by atoms with Gasteiger partial charge in [0.2, 0.25) is 0 Å². The number of methoxy groups -OCH3 is 1. The molecule has 2 aromatic carbocycles. The van der Waals surface area contributed by atoms with E-state index in [1.807, 2.05) is 19.9 Å². The molecule has 1 amide bonds. The first-order valence-corrected chi connectivity index (χ1v) is 9.56. The number of benzene rings is 2. The summed E-state index contributed by atoms with van der Waals surface area (Å²) in [6, 6.07) is 9.97. The molecule has 4 N–H and O–H groups in total. The number of amides is 1. The Balaban J connectivity index is 2.05. The Kier molecular flexibility index (Phi) is 6.36. The van der Waals surface area contributed by atoms with Gasteiger partial charge in [0.25, 0.3) is 11.5 Å². The van der Waals surface area contributed by atoms with Gasteiger partial charge in [-0.25, -0.2) is 4.98 Å². The number of fused-ring (bicyclic) bond motifs is 1. The van der Waals surface area contributed by atoms with Crippen LogP contribution in [0.3, 0.4) is 0 Å². The number of nitrogens with zero attached hydrogens (tertiary/aromatic N) is 2. The van der Waals surface area contributed by atoms with Crippen molar-refractivity contribution >= 4 is 45.9 Å². The van der Waals surface area contributed by atoms with E-state index in [0.29, 0.717) is 21.7 Å². The minimum atomic E-state index is -1.54. The summed E-state index contributed by atoms with van der Waals surface area (Å²) in [7, 11) is 1.12. The SMILES string of the molecule is COC(=O)[C@H](/C(=N/N)C(=O)Nc1ccc(C)c(C)c1)c1nc2ccc(Cl)cc2[nH]c1=O. The zero-order valence-electron chi connectivity index (χ0n) is 17.0. The van der Waals surface area contributed by atoms with Gasteiger partial charge in [-0.1, -0.05) is 17.7 Å². The molecule has 0 aliphatic heterocycles. The molecular formula is C21H20ClN5O4. The van der Waals surface area contributed by atoms with E-state index < -0.39 is 29.1 Å². The molecule has 10 heteroatoms. The van der Waals surface area contributed by atoms with Gasteiger partial charge in [-0.2, -0.15) is 5.10 Å². The number of hydrazone groups is 1. The van der Waals surface area contributed by atoms with Gasteiger partial charge in [-0.3, -0.25) is 14.4 Å². The fourth-order valence-corrected chi connectivity index (χ4v) is 3.19. The Morgan fingerprint density at radius 3 is 2.58 bits per heavy atom. The van der Waals surface area contributed by atoms with Crippen LogP contribution in [-0.2, 0) is 14.3 Å². The van der Waals surface area contributed by atoms with Crippen LogP contribution < -0.4 is 16.7 Å². The highest BCUT2D eigenvalue weighted by Crippen LogP contribution is 2.21. The summed E-state index contributed by atoms with van der Waals surface area (Å²) in [4.78, 5) is 45.0. The predicted molar refractivity (Wildman–Crippen MR) is 118 cm³/mol. The molecule has 1 heterocycles. The minimum absolute atomic E-state index is 0.277. The average Bonchev–Trinajstić information content (AvgIpc) is 2.73. The molecule has 160 valence electrons. The summed E-state index contributed by atoms with van der Waals surface area (Å²) < 4.78 is 4.80. The lowest BCUT2D eigenvalue weighted by atomic mass is 9.98. The van der Waals surface area contributed by atoms with Crippen LogP contribution in [0.5, 0.6) is 0 Å². The zero-order chi connectivity index (χ0) is 22.7. The van der Waals surface area contributed by atoms with E-state index in [9.17, 15) is 14.4 Å². The van der Waals surface area contributed by atoms with Crippen molar-refractivity contribution in [1.29, 1.82) is 0 Å². The molecule has 3 aromatic rings. The number of H-pyrrole nitrogens is 1. The molecule has 0 unspecified atom stereocenters. The first-order chi connectivity index (χ1) is 14.7. The van der Waals surface area contributed by atoms with E-state index in [2.05, 4.69) is 20.4 Å². The van der Waals surface area contributed by atoms with Gasteiger partial charge < -0.3 is 20.9 Å². The standard InChI is InChI=1S/C21H20ClN5O4/c1-10-4-6-13(8-11(10)2)24-20(29)18(27-23)16(21(30)31-3)17-19(28)26-15-9-12(22)5-7-14(15)25-17/h4-9,16H,23H2,1-3H3,(H,24,29)(H,26,28)/b27-18-/t16-/m0/s1. The van der Waals surface area contributed by atoms with Crippen molar-refractivity contribution in [1.82, 2.24) is 9.97 Å². The van der Waals surface area contributed by atoms with Gasteiger partial charge in [0, 0.05) is 10.7 Å². The molecule has 31 heavy (non-hydrogen) atoms. The maximum Gasteiger partial charge on any atom is 0.321 e. The molecular weight excluding hydrogens is 422 g/mol. The zero-order valence-corrected chi connectivity index (χ0v) is 17.8. The maximum absolute atomic E-state index is 12.9. The Hall–Kier alpha value is -3.72. The van der Waals surface area contributed by atoms with Crippen molar-refractivity contribution in [2.75, 3.05) is 12.4 Å². The van der Waals surface area contributed by atoms with E-state index in [4.69, 9.17) is 22.2 Å². The molecule has 0 saturated heterocycles. The highest BCUT2D eigenvalue weighted by atomic mass is 35.5. The van der Waals surface area contributed by atoms with E-state index in [1.54, 1.807) is 24.3 Å². The smallest absolute Gasteiger partial charge is 0.321 e. The third-order valence-corrected chi connectivity index (χ3v) is 5.04. The first kappa shape index (κ1) is 22.0. The van der Waals surface area contributed by atoms with E-state index >= 15 is 0 Å². The summed E-state index contributed by atoms with van der Waals surface area (Å²) in [5, 5.41) is 6.54. The first-order valence-electron chi connectivity index (χ1n) is 9.18. The average molecular weight is 442 g/mol. The second-order valence-corrected chi connectivity index (χ2v) is 7.27. The molecule has 0 aliphatic rings. The fourth-order valence-electron chi connectivity index (χ4n) is 3.02. The number of ether oxygens (including phenoxy) is 1. The summed E-state index contributed by atoms with van der Waals surface area (Å²) in [6.07, 6.45) is 0. The number of anilines is 1. The number of aryl methyl sites for hydroxylation is 2. The topological polar surface area (TPSA) is 140 Å². The van der Waals surface area contributed by atoms with Crippen LogP contribution >= 0.6 is 11.6 Å². The normalized spacial score (nSPS) is 12.5.